The van der Waals surface area contributed by atoms with E-state index in [4.69, 9.17) is 21.3 Å². The van der Waals surface area contributed by atoms with Gasteiger partial charge in [-0.15, -0.1) is 0 Å². The van der Waals surface area contributed by atoms with E-state index >= 15 is 0 Å². The molecule has 4 heterocycles. The molecular formula is C25H21ClN6O2. The molecule has 1 aromatic carbocycles. The second-order valence-electron chi connectivity index (χ2n) is 8.48. The van der Waals surface area contributed by atoms with Crippen LogP contribution in [0.25, 0.3) is 16.6 Å². The summed E-state index contributed by atoms with van der Waals surface area (Å²) in [6, 6.07) is 13.2. The number of halogens is 1. The number of hydrogen-bond donors (Lipinski definition) is 1. The zero-order chi connectivity index (χ0) is 23.1. The van der Waals surface area contributed by atoms with Crippen LogP contribution in [-0.2, 0) is 17.9 Å². The number of aromatic nitrogens is 5. The Morgan fingerprint density at radius 3 is 2.91 bits per heavy atom. The second kappa shape index (κ2) is 8.46. The molecule has 4 aromatic heterocycles. The minimum Gasteiger partial charge on any atom is -0.444 e. The van der Waals surface area contributed by atoms with Crippen LogP contribution in [0.3, 0.4) is 0 Å². The Kier molecular flexibility index (Phi) is 5.15. The van der Waals surface area contributed by atoms with Crippen molar-refractivity contribution in [2.45, 2.75) is 31.9 Å². The maximum absolute atomic E-state index is 12.3. The summed E-state index contributed by atoms with van der Waals surface area (Å²) in [5.74, 6) is 1.09. The lowest BCUT2D eigenvalue weighted by Gasteiger charge is -2.07. The largest absolute Gasteiger partial charge is 0.444 e. The third-order valence-electron chi connectivity index (χ3n) is 5.86. The third-order valence-corrected chi connectivity index (χ3v) is 6.09. The van der Waals surface area contributed by atoms with E-state index in [1.54, 1.807) is 29.1 Å². The molecule has 0 aliphatic heterocycles. The summed E-state index contributed by atoms with van der Waals surface area (Å²) in [7, 11) is 0. The molecule has 0 unspecified atom stereocenters. The van der Waals surface area contributed by atoms with E-state index in [-0.39, 0.29) is 6.61 Å². The molecule has 5 aromatic rings. The zero-order valence-corrected chi connectivity index (χ0v) is 18.9. The first-order valence-electron chi connectivity index (χ1n) is 11.1. The summed E-state index contributed by atoms with van der Waals surface area (Å²) in [6.45, 7) is 0.617. The Labute approximate surface area is 200 Å². The van der Waals surface area contributed by atoms with E-state index in [1.807, 2.05) is 24.5 Å². The summed E-state index contributed by atoms with van der Waals surface area (Å²) < 4.78 is 9.20. The fourth-order valence-electron chi connectivity index (χ4n) is 4.04. The molecule has 34 heavy (non-hydrogen) atoms. The molecule has 6 rings (SSSR count). The van der Waals surface area contributed by atoms with Gasteiger partial charge in [0, 0.05) is 29.8 Å². The minimum absolute atomic E-state index is 0.109. The van der Waals surface area contributed by atoms with Crippen molar-refractivity contribution in [2.24, 2.45) is 0 Å². The highest BCUT2D eigenvalue weighted by Gasteiger charge is 2.23. The van der Waals surface area contributed by atoms with Gasteiger partial charge in [0.1, 0.15) is 18.1 Å². The van der Waals surface area contributed by atoms with Crippen LogP contribution in [0.5, 0.6) is 0 Å². The second-order valence-corrected chi connectivity index (χ2v) is 8.92. The van der Waals surface area contributed by atoms with E-state index in [0.29, 0.717) is 23.3 Å². The van der Waals surface area contributed by atoms with Crippen LogP contribution in [0.4, 0.5) is 10.6 Å². The van der Waals surface area contributed by atoms with Crippen LogP contribution >= 0.6 is 11.6 Å². The van der Waals surface area contributed by atoms with Crippen molar-refractivity contribution in [2.75, 3.05) is 5.32 Å². The number of nitrogens with one attached hydrogen (secondary N) is 1. The standard InChI is InChI=1S/C25H21ClN6O2/c26-19-3-1-2-16(10-19)15-34-25(33)29-24-21-14-32(30-22(21)8-9-27-24)13-20-12-31-11-18(17-4-5-17)6-7-23(31)28-20/h1-3,6-12,14,17H,4-5,13,15H2,(H,27,29,33). The van der Waals surface area contributed by atoms with E-state index in [0.717, 1.165) is 27.8 Å². The van der Waals surface area contributed by atoms with Crippen LogP contribution in [-0.4, -0.2) is 30.2 Å². The first-order valence-corrected chi connectivity index (χ1v) is 11.5. The summed E-state index contributed by atoms with van der Waals surface area (Å²) in [4.78, 5) is 21.4. The maximum atomic E-state index is 12.3. The SMILES string of the molecule is O=C(Nc1nccc2nn(Cc3cn4cc(C5CC5)ccc4n3)cc12)OCc1cccc(Cl)c1. The molecule has 170 valence electrons. The molecule has 1 aliphatic carbocycles. The topological polar surface area (TPSA) is 86.3 Å². The lowest BCUT2D eigenvalue weighted by Crippen LogP contribution is -2.14. The Bertz CT molecular complexity index is 1520. The van der Waals surface area contributed by atoms with Crippen molar-refractivity contribution >= 4 is 40.1 Å². The molecule has 0 radical (unpaired) electrons. The van der Waals surface area contributed by atoms with Crippen molar-refractivity contribution in [1.82, 2.24) is 24.1 Å². The van der Waals surface area contributed by atoms with Gasteiger partial charge >= 0.3 is 6.09 Å². The van der Waals surface area contributed by atoms with Gasteiger partial charge in [0.15, 0.2) is 0 Å². The molecule has 8 nitrogen and oxygen atoms in total. The zero-order valence-electron chi connectivity index (χ0n) is 18.2. The van der Waals surface area contributed by atoms with Gasteiger partial charge < -0.3 is 9.14 Å². The number of anilines is 1. The predicted octanol–water partition coefficient (Wildman–Crippen LogP) is 5.41. The van der Waals surface area contributed by atoms with Crippen molar-refractivity contribution in [1.29, 1.82) is 0 Å². The number of amides is 1. The molecule has 0 atom stereocenters. The first-order chi connectivity index (χ1) is 16.6. The van der Waals surface area contributed by atoms with E-state index < -0.39 is 6.09 Å². The lowest BCUT2D eigenvalue weighted by molar-refractivity contribution is 0.155. The van der Waals surface area contributed by atoms with Crippen LogP contribution in [0.15, 0.2) is 67.3 Å². The van der Waals surface area contributed by atoms with E-state index in [1.165, 1.54) is 18.4 Å². The Balaban J connectivity index is 1.17. The van der Waals surface area contributed by atoms with E-state index in [2.05, 4.69) is 38.1 Å². The van der Waals surface area contributed by atoms with Gasteiger partial charge in [-0.2, -0.15) is 5.10 Å². The summed E-state index contributed by atoms with van der Waals surface area (Å²) in [5.41, 5.74) is 4.72. The van der Waals surface area contributed by atoms with Gasteiger partial charge in [-0.3, -0.25) is 10.00 Å². The van der Waals surface area contributed by atoms with Crippen LogP contribution in [0.1, 0.15) is 35.6 Å². The third kappa shape index (κ3) is 4.32. The van der Waals surface area contributed by atoms with Gasteiger partial charge in [-0.25, -0.2) is 14.8 Å². The molecule has 0 spiro atoms. The molecule has 1 saturated carbocycles. The smallest absolute Gasteiger partial charge is 0.413 e. The fraction of sp³-hybridized carbons (Fsp3) is 0.200. The number of nitrogens with zero attached hydrogens (tertiary/aromatic N) is 5. The van der Waals surface area contributed by atoms with Crippen molar-refractivity contribution in [3.05, 3.63) is 89.1 Å². The maximum Gasteiger partial charge on any atom is 0.413 e. The van der Waals surface area contributed by atoms with Gasteiger partial charge in [-0.1, -0.05) is 29.8 Å². The number of rotatable bonds is 6. The summed E-state index contributed by atoms with van der Waals surface area (Å²) >= 11 is 5.98. The van der Waals surface area contributed by atoms with Crippen molar-refractivity contribution in [3.8, 4) is 0 Å². The Morgan fingerprint density at radius 1 is 1.15 bits per heavy atom. The van der Waals surface area contributed by atoms with Gasteiger partial charge in [0.05, 0.1) is 23.1 Å². The van der Waals surface area contributed by atoms with Crippen molar-refractivity contribution in [3.63, 3.8) is 0 Å². The van der Waals surface area contributed by atoms with Crippen LogP contribution < -0.4 is 5.32 Å². The van der Waals surface area contributed by atoms with Gasteiger partial charge in [0.2, 0.25) is 0 Å². The van der Waals surface area contributed by atoms with Crippen LogP contribution in [0.2, 0.25) is 5.02 Å². The monoisotopic (exact) mass is 472 g/mol. The average Bonchev–Trinajstić information content (AvgIpc) is 3.47. The molecule has 9 heteroatoms. The number of benzene rings is 1. The highest BCUT2D eigenvalue weighted by atomic mass is 35.5. The number of carbonyl (C=O) groups is 1. The first kappa shape index (κ1) is 20.7. The van der Waals surface area contributed by atoms with E-state index in [9.17, 15) is 4.79 Å². The number of hydrogen-bond acceptors (Lipinski definition) is 5. The lowest BCUT2D eigenvalue weighted by atomic mass is 10.2. The Hall–Kier alpha value is -3.91. The van der Waals surface area contributed by atoms with Gasteiger partial charge in [-0.05, 0) is 54.2 Å². The molecule has 1 N–H and O–H groups in total. The average molecular weight is 473 g/mol. The number of ether oxygens (including phenoxy) is 1. The number of pyridine rings is 2. The molecule has 0 saturated heterocycles. The number of carbonyl (C=O) groups excluding carboxylic acids is 1. The quantitative estimate of drug-likeness (QED) is 0.357. The van der Waals surface area contributed by atoms with Gasteiger partial charge in [0.25, 0.3) is 0 Å². The number of imidazole rings is 1. The molecule has 1 fully saturated rings. The molecule has 1 amide bonds. The predicted molar refractivity (Wildman–Crippen MR) is 129 cm³/mol. The fourth-order valence-corrected chi connectivity index (χ4v) is 4.26. The molecule has 1 aliphatic rings. The molecular weight excluding hydrogens is 452 g/mol. The van der Waals surface area contributed by atoms with Crippen LogP contribution in [0, 0.1) is 0 Å². The number of fused-ring (bicyclic) bond motifs is 2. The summed E-state index contributed by atoms with van der Waals surface area (Å²) in [5, 5.41) is 8.65. The normalized spacial score (nSPS) is 13.4. The highest BCUT2D eigenvalue weighted by molar-refractivity contribution is 6.30. The van der Waals surface area contributed by atoms with Crippen molar-refractivity contribution < 1.29 is 9.53 Å². The summed E-state index contributed by atoms with van der Waals surface area (Å²) in [6.07, 6.45) is 9.61. The Morgan fingerprint density at radius 2 is 2.06 bits per heavy atom. The molecule has 0 bridgehead atoms. The highest BCUT2D eigenvalue weighted by Crippen LogP contribution is 2.39. The minimum atomic E-state index is -0.598.